The summed E-state index contributed by atoms with van der Waals surface area (Å²) in [5, 5.41) is 1.72. The summed E-state index contributed by atoms with van der Waals surface area (Å²) in [5.41, 5.74) is 0. The highest BCUT2D eigenvalue weighted by Crippen LogP contribution is 2.09. The fourth-order valence-corrected chi connectivity index (χ4v) is 1.56. The number of rotatable bonds is 3. The predicted molar refractivity (Wildman–Crippen MR) is 49.4 cm³/mol. The average Bonchev–Trinajstić information content (AvgIpc) is 2.50. The first-order valence-corrected chi connectivity index (χ1v) is 6.31. The lowest BCUT2D eigenvalue weighted by molar-refractivity contribution is 0.0577. The van der Waals surface area contributed by atoms with Gasteiger partial charge in [0.05, 0.1) is 0 Å². The zero-order valence-electron chi connectivity index (χ0n) is 6.89. The molecule has 0 spiro atoms. The maximum atomic E-state index is 11.1. The van der Waals surface area contributed by atoms with Crippen molar-refractivity contribution in [1.82, 2.24) is 0 Å². The number of carbonyl (C=O) groups is 1. The van der Waals surface area contributed by atoms with Crippen LogP contribution >= 0.6 is 11.3 Å². The molecule has 13 heavy (non-hydrogen) atoms. The molecule has 0 radical (unpaired) electrons. The van der Waals surface area contributed by atoms with Crippen molar-refractivity contribution in [3.63, 3.8) is 0 Å². The van der Waals surface area contributed by atoms with Crippen molar-refractivity contribution in [2.45, 2.75) is 0 Å². The van der Waals surface area contributed by atoms with Crippen LogP contribution in [0.15, 0.2) is 17.5 Å². The molecule has 0 saturated carbocycles. The van der Waals surface area contributed by atoms with E-state index in [4.69, 9.17) is 0 Å². The van der Waals surface area contributed by atoms with E-state index < -0.39 is 21.7 Å². The Balaban J connectivity index is 2.53. The van der Waals surface area contributed by atoms with E-state index in [-0.39, 0.29) is 0 Å². The van der Waals surface area contributed by atoms with Gasteiger partial charge >= 0.3 is 5.97 Å². The first kappa shape index (κ1) is 10.2. The Bertz CT molecular complexity index is 377. The molecule has 0 atom stereocenters. The highest BCUT2D eigenvalue weighted by Gasteiger charge is 2.11. The highest BCUT2D eigenvalue weighted by atomic mass is 32.2. The van der Waals surface area contributed by atoms with Crippen LogP contribution in [0.1, 0.15) is 9.67 Å². The molecule has 0 amide bonds. The maximum Gasteiger partial charge on any atom is 0.349 e. The first-order chi connectivity index (χ1) is 5.99. The van der Waals surface area contributed by atoms with E-state index >= 15 is 0 Å². The minimum Gasteiger partial charge on any atom is -0.445 e. The van der Waals surface area contributed by atoms with Crippen LogP contribution in [0.2, 0.25) is 0 Å². The van der Waals surface area contributed by atoms with Gasteiger partial charge in [0.2, 0.25) is 0 Å². The van der Waals surface area contributed by atoms with E-state index in [1.54, 1.807) is 17.5 Å². The van der Waals surface area contributed by atoms with Crippen LogP contribution in [0.5, 0.6) is 0 Å². The second-order valence-corrected chi connectivity index (χ2v) is 5.49. The molecular weight excluding hydrogens is 212 g/mol. The molecule has 0 aliphatic heterocycles. The Morgan fingerprint density at radius 2 is 2.31 bits per heavy atom. The topological polar surface area (TPSA) is 60.4 Å². The van der Waals surface area contributed by atoms with Crippen LogP contribution in [0.25, 0.3) is 0 Å². The fraction of sp³-hybridized carbons (Fsp3) is 0.286. The lowest BCUT2D eigenvalue weighted by atomic mass is 10.5. The summed E-state index contributed by atoms with van der Waals surface area (Å²) in [6, 6.07) is 3.27. The number of thiophene rings is 1. The van der Waals surface area contributed by atoms with Crippen molar-refractivity contribution in [1.29, 1.82) is 0 Å². The molecule has 0 fully saturated rings. The minimum absolute atomic E-state index is 0.406. The van der Waals surface area contributed by atoms with E-state index in [9.17, 15) is 13.2 Å². The molecule has 0 unspecified atom stereocenters. The Morgan fingerprint density at radius 3 is 2.77 bits per heavy atom. The second-order valence-electron chi connectivity index (χ2n) is 2.45. The van der Waals surface area contributed by atoms with E-state index in [0.29, 0.717) is 4.88 Å². The Kier molecular flexibility index (Phi) is 3.05. The molecular formula is C7H8O4S2. The molecule has 0 aliphatic rings. The number of carbonyl (C=O) groups excluding carboxylic acids is 1. The zero-order chi connectivity index (χ0) is 9.90. The predicted octanol–water partition coefficient (Wildman–Crippen LogP) is 0.907. The summed E-state index contributed by atoms with van der Waals surface area (Å²) in [7, 11) is -3.25. The van der Waals surface area contributed by atoms with Gasteiger partial charge in [0.1, 0.15) is 4.88 Å². The van der Waals surface area contributed by atoms with E-state index in [1.807, 2.05) is 0 Å². The van der Waals surface area contributed by atoms with Crippen LogP contribution in [0, 0.1) is 0 Å². The number of hydrogen-bond acceptors (Lipinski definition) is 5. The molecule has 0 aromatic carbocycles. The summed E-state index contributed by atoms with van der Waals surface area (Å²) in [6.45, 7) is 0. The third-order valence-electron chi connectivity index (χ3n) is 1.13. The minimum atomic E-state index is -3.25. The van der Waals surface area contributed by atoms with Crippen molar-refractivity contribution >= 4 is 27.1 Å². The van der Waals surface area contributed by atoms with Crippen molar-refractivity contribution < 1.29 is 17.9 Å². The van der Waals surface area contributed by atoms with E-state index in [1.165, 1.54) is 11.3 Å². The van der Waals surface area contributed by atoms with Crippen LogP contribution in [-0.4, -0.2) is 26.6 Å². The lowest BCUT2D eigenvalue weighted by Crippen LogP contribution is -2.12. The van der Waals surface area contributed by atoms with Gasteiger partial charge in [-0.15, -0.1) is 11.3 Å². The van der Waals surface area contributed by atoms with Crippen molar-refractivity contribution in [3.05, 3.63) is 22.4 Å². The van der Waals surface area contributed by atoms with Gasteiger partial charge in [0.25, 0.3) is 0 Å². The van der Waals surface area contributed by atoms with E-state index in [0.717, 1.165) is 6.26 Å². The van der Waals surface area contributed by atoms with Gasteiger partial charge in [-0.2, -0.15) is 0 Å². The normalized spacial score (nSPS) is 11.2. The van der Waals surface area contributed by atoms with E-state index in [2.05, 4.69) is 4.74 Å². The molecule has 6 heteroatoms. The summed E-state index contributed by atoms with van der Waals surface area (Å²) >= 11 is 1.21. The SMILES string of the molecule is CS(=O)(=O)COC(=O)c1cccs1. The fourth-order valence-electron chi connectivity index (χ4n) is 0.626. The number of sulfone groups is 1. The Labute approximate surface area is 80.1 Å². The van der Waals surface area contributed by atoms with Crippen LogP contribution in [0.3, 0.4) is 0 Å². The summed E-state index contributed by atoms with van der Waals surface area (Å²) in [5.74, 6) is -1.16. The Hall–Kier alpha value is -0.880. The lowest BCUT2D eigenvalue weighted by Gasteiger charge is -1.99. The van der Waals surface area contributed by atoms with Crippen molar-refractivity contribution in [3.8, 4) is 0 Å². The molecule has 72 valence electrons. The highest BCUT2D eigenvalue weighted by molar-refractivity contribution is 7.90. The van der Waals surface area contributed by atoms with Crippen LogP contribution in [0.4, 0.5) is 0 Å². The van der Waals surface area contributed by atoms with Crippen molar-refractivity contribution in [2.75, 3.05) is 12.2 Å². The maximum absolute atomic E-state index is 11.1. The third kappa shape index (κ3) is 3.56. The zero-order valence-corrected chi connectivity index (χ0v) is 8.52. The molecule has 0 aliphatic carbocycles. The third-order valence-corrected chi connectivity index (χ3v) is 2.52. The average molecular weight is 220 g/mol. The second kappa shape index (κ2) is 3.89. The molecule has 1 rings (SSSR count). The first-order valence-electron chi connectivity index (χ1n) is 3.37. The molecule has 1 heterocycles. The van der Waals surface area contributed by atoms with Gasteiger partial charge in [-0.25, -0.2) is 13.2 Å². The van der Waals surface area contributed by atoms with Crippen LogP contribution < -0.4 is 0 Å². The Morgan fingerprint density at radius 1 is 1.62 bits per heavy atom. The summed E-state index contributed by atoms with van der Waals surface area (Å²) in [6.07, 6.45) is 1.01. The largest absolute Gasteiger partial charge is 0.445 e. The summed E-state index contributed by atoms with van der Waals surface area (Å²) in [4.78, 5) is 11.5. The molecule has 4 nitrogen and oxygen atoms in total. The smallest absolute Gasteiger partial charge is 0.349 e. The molecule has 0 N–H and O–H groups in total. The quantitative estimate of drug-likeness (QED) is 0.710. The molecule has 1 aromatic heterocycles. The monoisotopic (exact) mass is 220 g/mol. The van der Waals surface area contributed by atoms with Gasteiger partial charge < -0.3 is 4.74 Å². The summed E-state index contributed by atoms with van der Waals surface area (Å²) < 4.78 is 25.8. The van der Waals surface area contributed by atoms with Crippen molar-refractivity contribution in [2.24, 2.45) is 0 Å². The standard InChI is InChI=1S/C7H8O4S2/c1-13(9,10)5-11-7(8)6-3-2-4-12-6/h2-4H,5H2,1H3. The number of ether oxygens (including phenoxy) is 1. The number of hydrogen-bond donors (Lipinski definition) is 0. The van der Waals surface area contributed by atoms with Gasteiger partial charge in [-0.05, 0) is 11.4 Å². The van der Waals surface area contributed by atoms with Crippen LogP contribution in [-0.2, 0) is 14.6 Å². The molecule has 1 aromatic rings. The molecule has 0 saturated heterocycles. The van der Waals surface area contributed by atoms with Gasteiger partial charge in [0.15, 0.2) is 15.8 Å². The van der Waals surface area contributed by atoms with Gasteiger partial charge in [-0.3, -0.25) is 0 Å². The van der Waals surface area contributed by atoms with Gasteiger partial charge in [-0.1, -0.05) is 6.07 Å². The molecule has 0 bridgehead atoms. The van der Waals surface area contributed by atoms with Gasteiger partial charge in [0, 0.05) is 6.26 Å². The number of esters is 1.